The van der Waals surface area contributed by atoms with Gasteiger partial charge in [-0.2, -0.15) is 0 Å². The zero-order valence-electron chi connectivity index (χ0n) is 8.96. The molecule has 4 nitrogen and oxygen atoms in total. The largest absolute Gasteiger partial charge is 0.303 e. The van der Waals surface area contributed by atoms with Gasteiger partial charge < -0.3 is 4.90 Å². The molecule has 0 amide bonds. The topological polar surface area (TPSA) is 34.0 Å². The molecule has 2 rings (SSSR count). The van der Waals surface area contributed by atoms with Crippen LogP contribution in [0.2, 0.25) is 0 Å². The van der Waals surface area contributed by atoms with Crippen LogP contribution in [0.4, 0.5) is 0 Å². The Kier molecular flexibility index (Phi) is 2.78. The Balaban J connectivity index is 2.21. The Morgan fingerprint density at radius 1 is 1.20 bits per heavy atom. The van der Waals surface area contributed by atoms with Crippen molar-refractivity contribution in [3.05, 3.63) is 42.2 Å². The molecule has 0 saturated carbocycles. The maximum Gasteiger partial charge on any atom is 0.0971 e. The first kappa shape index (κ1) is 9.86. The Labute approximate surface area is 89.1 Å². The molecule has 0 spiro atoms. The van der Waals surface area contributed by atoms with Gasteiger partial charge in [-0.25, -0.2) is 4.68 Å². The lowest BCUT2D eigenvalue weighted by molar-refractivity contribution is 0.396. The molecule has 0 atom stereocenters. The molecule has 0 aliphatic heterocycles. The monoisotopic (exact) mass is 202 g/mol. The van der Waals surface area contributed by atoms with Crippen LogP contribution in [-0.4, -0.2) is 34.0 Å². The summed E-state index contributed by atoms with van der Waals surface area (Å²) in [5.74, 6) is 0. The third-order valence-corrected chi connectivity index (χ3v) is 2.04. The fraction of sp³-hybridized carbons (Fsp3) is 0.273. The molecule has 0 aliphatic rings. The predicted octanol–water partition coefficient (Wildman–Crippen LogP) is 1.33. The first-order chi connectivity index (χ1) is 7.25. The SMILES string of the molecule is CN(C)Cc1cn(-c2ccccc2)nn1. The van der Waals surface area contributed by atoms with E-state index in [9.17, 15) is 0 Å². The molecular formula is C11H14N4. The molecule has 0 bridgehead atoms. The van der Waals surface area contributed by atoms with Gasteiger partial charge in [0.1, 0.15) is 0 Å². The average Bonchev–Trinajstić information content (AvgIpc) is 2.67. The zero-order valence-corrected chi connectivity index (χ0v) is 8.96. The van der Waals surface area contributed by atoms with Crippen LogP contribution in [0.1, 0.15) is 5.69 Å². The van der Waals surface area contributed by atoms with E-state index in [1.165, 1.54) is 0 Å². The van der Waals surface area contributed by atoms with E-state index >= 15 is 0 Å². The van der Waals surface area contributed by atoms with Crippen molar-refractivity contribution in [3.8, 4) is 5.69 Å². The molecule has 15 heavy (non-hydrogen) atoms. The number of para-hydroxylation sites is 1. The second-order valence-corrected chi connectivity index (χ2v) is 3.73. The minimum absolute atomic E-state index is 0.812. The lowest BCUT2D eigenvalue weighted by Crippen LogP contribution is -2.10. The first-order valence-corrected chi connectivity index (χ1v) is 4.87. The smallest absolute Gasteiger partial charge is 0.0971 e. The highest BCUT2D eigenvalue weighted by Gasteiger charge is 2.02. The summed E-state index contributed by atoms with van der Waals surface area (Å²) in [6.07, 6.45) is 1.95. The third-order valence-electron chi connectivity index (χ3n) is 2.04. The molecule has 2 aromatic rings. The Bertz CT molecular complexity index is 419. The second kappa shape index (κ2) is 4.23. The summed E-state index contributed by atoms with van der Waals surface area (Å²) >= 11 is 0. The summed E-state index contributed by atoms with van der Waals surface area (Å²) in [5, 5.41) is 8.18. The minimum Gasteiger partial charge on any atom is -0.303 e. The van der Waals surface area contributed by atoms with Crippen LogP contribution in [0.15, 0.2) is 36.5 Å². The summed E-state index contributed by atoms with van der Waals surface area (Å²) in [6, 6.07) is 9.98. The van der Waals surface area contributed by atoms with Crippen molar-refractivity contribution in [2.75, 3.05) is 14.1 Å². The highest BCUT2D eigenvalue weighted by molar-refractivity contribution is 5.29. The Morgan fingerprint density at radius 2 is 1.93 bits per heavy atom. The standard InChI is InChI=1S/C11H14N4/c1-14(2)8-10-9-15(13-12-10)11-6-4-3-5-7-11/h3-7,9H,8H2,1-2H3. The van der Waals surface area contributed by atoms with E-state index in [1.54, 1.807) is 4.68 Å². The zero-order chi connectivity index (χ0) is 10.7. The summed E-state index contributed by atoms with van der Waals surface area (Å²) in [7, 11) is 4.03. The van der Waals surface area contributed by atoms with Gasteiger partial charge >= 0.3 is 0 Å². The Hall–Kier alpha value is -1.68. The van der Waals surface area contributed by atoms with Gasteiger partial charge in [-0.1, -0.05) is 23.4 Å². The fourth-order valence-corrected chi connectivity index (χ4v) is 1.40. The molecule has 4 heteroatoms. The molecule has 0 N–H and O–H groups in total. The molecule has 0 radical (unpaired) electrons. The summed E-state index contributed by atoms with van der Waals surface area (Å²) in [5.41, 5.74) is 2.01. The number of rotatable bonds is 3. The highest BCUT2D eigenvalue weighted by atomic mass is 15.4. The average molecular weight is 202 g/mol. The summed E-state index contributed by atoms with van der Waals surface area (Å²) < 4.78 is 1.79. The Morgan fingerprint density at radius 3 is 2.60 bits per heavy atom. The van der Waals surface area contributed by atoms with Crippen molar-refractivity contribution < 1.29 is 0 Å². The van der Waals surface area contributed by atoms with Gasteiger partial charge in [0.05, 0.1) is 17.6 Å². The molecule has 0 unspecified atom stereocenters. The van der Waals surface area contributed by atoms with Crippen molar-refractivity contribution in [2.45, 2.75) is 6.54 Å². The van der Waals surface area contributed by atoms with Crippen molar-refractivity contribution in [1.82, 2.24) is 19.9 Å². The summed E-state index contributed by atoms with van der Waals surface area (Å²) in [4.78, 5) is 2.07. The fourth-order valence-electron chi connectivity index (χ4n) is 1.40. The van der Waals surface area contributed by atoms with Crippen LogP contribution in [0.5, 0.6) is 0 Å². The van der Waals surface area contributed by atoms with Gasteiger partial charge in [0.2, 0.25) is 0 Å². The number of benzene rings is 1. The van der Waals surface area contributed by atoms with Crippen molar-refractivity contribution in [1.29, 1.82) is 0 Å². The molecule has 1 heterocycles. The lowest BCUT2D eigenvalue weighted by Gasteiger charge is -2.04. The first-order valence-electron chi connectivity index (χ1n) is 4.87. The molecule has 1 aromatic carbocycles. The molecule has 1 aromatic heterocycles. The lowest BCUT2D eigenvalue weighted by atomic mass is 10.3. The van der Waals surface area contributed by atoms with Crippen LogP contribution >= 0.6 is 0 Å². The van der Waals surface area contributed by atoms with E-state index in [1.807, 2.05) is 50.6 Å². The predicted molar refractivity (Wildman–Crippen MR) is 58.8 cm³/mol. The van der Waals surface area contributed by atoms with Gasteiger partial charge in [0.25, 0.3) is 0 Å². The molecular weight excluding hydrogens is 188 g/mol. The van der Waals surface area contributed by atoms with E-state index in [0.717, 1.165) is 17.9 Å². The van der Waals surface area contributed by atoms with Crippen LogP contribution in [0, 0.1) is 0 Å². The summed E-state index contributed by atoms with van der Waals surface area (Å²) in [6.45, 7) is 0.812. The molecule has 0 aliphatic carbocycles. The van der Waals surface area contributed by atoms with Gasteiger partial charge in [-0.15, -0.1) is 5.10 Å². The van der Waals surface area contributed by atoms with E-state index in [0.29, 0.717) is 0 Å². The van der Waals surface area contributed by atoms with Crippen molar-refractivity contribution in [2.24, 2.45) is 0 Å². The number of hydrogen-bond acceptors (Lipinski definition) is 3. The molecule has 78 valence electrons. The van der Waals surface area contributed by atoms with E-state index in [4.69, 9.17) is 0 Å². The maximum atomic E-state index is 4.10. The molecule has 0 saturated heterocycles. The quantitative estimate of drug-likeness (QED) is 0.753. The minimum atomic E-state index is 0.812. The number of hydrogen-bond donors (Lipinski definition) is 0. The maximum absolute atomic E-state index is 4.10. The normalized spacial score (nSPS) is 10.9. The van der Waals surface area contributed by atoms with Crippen molar-refractivity contribution >= 4 is 0 Å². The highest BCUT2D eigenvalue weighted by Crippen LogP contribution is 2.06. The van der Waals surface area contributed by atoms with Gasteiger partial charge in [0.15, 0.2) is 0 Å². The number of aromatic nitrogens is 3. The van der Waals surface area contributed by atoms with Gasteiger partial charge in [0, 0.05) is 6.54 Å². The van der Waals surface area contributed by atoms with Crippen LogP contribution in [0.3, 0.4) is 0 Å². The van der Waals surface area contributed by atoms with Gasteiger partial charge in [-0.3, -0.25) is 0 Å². The van der Waals surface area contributed by atoms with Crippen LogP contribution in [0.25, 0.3) is 5.69 Å². The van der Waals surface area contributed by atoms with Crippen molar-refractivity contribution in [3.63, 3.8) is 0 Å². The van der Waals surface area contributed by atoms with Crippen LogP contribution < -0.4 is 0 Å². The van der Waals surface area contributed by atoms with Crippen LogP contribution in [-0.2, 0) is 6.54 Å². The third kappa shape index (κ3) is 2.41. The van der Waals surface area contributed by atoms with E-state index in [-0.39, 0.29) is 0 Å². The number of nitrogens with zero attached hydrogens (tertiary/aromatic N) is 4. The van der Waals surface area contributed by atoms with E-state index < -0.39 is 0 Å². The van der Waals surface area contributed by atoms with E-state index in [2.05, 4.69) is 15.2 Å². The second-order valence-electron chi connectivity index (χ2n) is 3.73. The molecule has 0 fully saturated rings. The van der Waals surface area contributed by atoms with Gasteiger partial charge in [-0.05, 0) is 26.2 Å².